The molecule has 0 unspecified atom stereocenters. The zero-order valence-corrected chi connectivity index (χ0v) is 28.5. The van der Waals surface area contributed by atoms with Crippen LogP contribution in [-0.4, -0.2) is 21.1 Å². The number of aryl methyl sites for hydroxylation is 1. The first-order valence-corrected chi connectivity index (χ1v) is 15.9. The second-order valence-corrected chi connectivity index (χ2v) is 12.1. The standard InChI is InChI=1S/C19H15NO.C12H8BO3.C6H5Br2N.B/c1-12-6-4-8-14(18(12)20)16-10-5-9-15-13-7-2-3-11-17(13)21-19(15)16;14-13-16-11-7-3-5-9-8-4-1-2-6-10(8)15-12(9)11;7-4-2-1-3-5(8)6(4)9;/h2-11H,20H2,1H3;1-7,14H;1-3H,9H2;. The van der Waals surface area contributed by atoms with Crippen LogP contribution in [0.15, 0.2) is 139 Å². The van der Waals surface area contributed by atoms with Gasteiger partial charge in [0.1, 0.15) is 22.5 Å². The maximum atomic E-state index is 8.67. The molecule has 5 N–H and O–H groups in total. The molecule has 0 amide bonds. The van der Waals surface area contributed by atoms with Gasteiger partial charge in [0.25, 0.3) is 0 Å². The van der Waals surface area contributed by atoms with E-state index in [4.69, 9.17) is 30.0 Å². The topological polar surface area (TPSA) is 108 Å². The number of hydrogen-bond donors (Lipinski definition) is 3. The molecule has 0 bridgehead atoms. The number of nitrogen functional groups attached to an aromatic ring is 2. The number of benzene rings is 6. The van der Waals surface area contributed by atoms with Gasteiger partial charge in [0.05, 0.1) is 5.69 Å². The summed E-state index contributed by atoms with van der Waals surface area (Å²) < 4.78 is 18.6. The van der Waals surface area contributed by atoms with Crippen LogP contribution in [0.25, 0.3) is 55.0 Å². The molecular formula is C37H28B2Br2N2O4. The smallest absolute Gasteiger partial charge is 0.535 e. The maximum Gasteiger partial charge on any atom is 0.569 e. The summed E-state index contributed by atoms with van der Waals surface area (Å²) >= 11 is 6.58. The van der Waals surface area contributed by atoms with E-state index in [0.717, 1.165) is 75.3 Å². The Hall–Kier alpha value is -4.63. The molecular weight excluding hydrogens is 718 g/mol. The summed E-state index contributed by atoms with van der Waals surface area (Å²) in [4.78, 5) is 0. The van der Waals surface area contributed by atoms with Crippen LogP contribution in [0.1, 0.15) is 5.56 Å². The Kier molecular flexibility index (Phi) is 10.7. The molecule has 0 saturated carbocycles. The van der Waals surface area contributed by atoms with Gasteiger partial charge >= 0.3 is 7.69 Å². The van der Waals surface area contributed by atoms with Crippen LogP contribution in [-0.2, 0) is 0 Å². The van der Waals surface area contributed by atoms with Crippen molar-refractivity contribution in [2.45, 2.75) is 6.92 Å². The summed E-state index contributed by atoms with van der Waals surface area (Å²) in [6.45, 7) is 2.03. The highest BCUT2D eigenvalue weighted by Gasteiger charge is 2.14. The molecule has 2 heterocycles. The highest BCUT2D eigenvalue weighted by molar-refractivity contribution is 9.11. The van der Waals surface area contributed by atoms with Crippen molar-refractivity contribution in [3.05, 3.63) is 136 Å². The van der Waals surface area contributed by atoms with Gasteiger partial charge in [0, 0.05) is 55.7 Å². The number of rotatable bonds is 3. The zero-order chi connectivity index (χ0) is 32.2. The van der Waals surface area contributed by atoms with Crippen LogP contribution in [0, 0.1) is 6.92 Å². The van der Waals surface area contributed by atoms with Crippen molar-refractivity contribution in [3.63, 3.8) is 0 Å². The lowest BCUT2D eigenvalue weighted by Gasteiger charge is -2.08. The van der Waals surface area contributed by atoms with Crippen LogP contribution in [0.2, 0.25) is 0 Å². The van der Waals surface area contributed by atoms with E-state index in [1.54, 1.807) is 6.07 Å². The number of anilines is 2. The largest absolute Gasteiger partial charge is 0.569 e. The van der Waals surface area contributed by atoms with Crippen molar-refractivity contribution >= 4 is 103 Å². The summed E-state index contributed by atoms with van der Waals surface area (Å²) in [6, 6.07) is 39.5. The van der Waals surface area contributed by atoms with Gasteiger partial charge in [-0.05, 0) is 74.7 Å². The third kappa shape index (κ3) is 6.90. The second-order valence-electron chi connectivity index (χ2n) is 10.4. The van der Waals surface area contributed by atoms with E-state index >= 15 is 0 Å². The molecule has 8 rings (SSSR count). The first-order chi connectivity index (χ1) is 22.4. The molecule has 4 radical (unpaired) electrons. The minimum absolute atomic E-state index is 0. The van der Waals surface area contributed by atoms with Gasteiger partial charge in [-0.2, -0.15) is 0 Å². The van der Waals surface area contributed by atoms with Crippen molar-refractivity contribution in [1.82, 2.24) is 0 Å². The number of furan rings is 2. The Morgan fingerprint density at radius 3 is 1.68 bits per heavy atom. The summed E-state index contributed by atoms with van der Waals surface area (Å²) in [6.07, 6.45) is 0. The first-order valence-electron chi connectivity index (χ1n) is 14.4. The molecule has 0 atom stereocenters. The fraction of sp³-hybridized carbons (Fsp3) is 0.0270. The number of halogens is 2. The molecule has 2 aromatic heterocycles. The summed E-state index contributed by atoms with van der Waals surface area (Å²) in [5.74, 6) is 0.510. The molecule has 8 aromatic rings. The fourth-order valence-electron chi connectivity index (χ4n) is 5.26. The molecule has 10 heteroatoms. The quantitative estimate of drug-likeness (QED) is 0.123. The van der Waals surface area contributed by atoms with Gasteiger partial charge in [-0.3, -0.25) is 0 Å². The maximum absolute atomic E-state index is 8.67. The predicted molar refractivity (Wildman–Crippen MR) is 203 cm³/mol. The Morgan fingerprint density at radius 2 is 1.06 bits per heavy atom. The first kappa shape index (κ1) is 33.7. The minimum Gasteiger partial charge on any atom is -0.535 e. The monoisotopic (exact) mass is 744 g/mol. The van der Waals surface area contributed by atoms with E-state index in [1.807, 2.05) is 97.9 Å². The number of fused-ring (bicyclic) bond motifs is 6. The van der Waals surface area contributed by atoms with Crippen molar-refractivity contribution in [1.29, 1.82) is 0 Å². The molecule has 0 spiro atoms. The average Bonchev–Trinajstić information content (AvgIpc) is 3.65. The Morgan fingerprint density at radius 1 is 0.574 bits per heavy atom. The van der Waals surface area contributed by atoms with Gasteiger partial charge in [0.2, 0.25) is 0 Å². The highest BCUT2D eigenvalue weighted by atomic mass is 79.9. The van der Waals surface area contributed by atoms with Gasteiger partial charge in [0.15, 0.2) is 5.58 Å². The lowest BCUT2D eigenvalue weighted by atomic mass is 9.99. The lowest BCUT2D eigenvalue weighted by Crippen LogP contribution is -1.99. The average molecular weight is 746 g/mol. The summed E-state index contributed by atoms with van der Waals surface area (Å²) in [5.41, 5.74) is 19.8. The van der Waals surface area contributed by atoms with E-state index in [9.17, 15) is 0 Å². The Labute approximate surface area is 291 Å². The normalized spacial score (nSPS) is 10.6. The van der Waals surface area contributed by atoms with Crippen LogP contribution < -0.4 is 16.1 Å². The molecule has 47 heavy (non-hydrogen) atoms. The van der Waals surface area contributed by atoms with E-state index in [1.165, 1.54) is 0 Å². The van der Waals surface area contributed by atoms with Gasteiger partial charge in [-0.1, -0.05) is 91.0 Å². The number of para-hydroxylation sites is 6. The van der Waals surface area contributed by atoms with E-state index in [-0.39, 0.29) is 8.41 Å². The van der Waals surface area contributed by atoms with Crippen molar-refractivity contribution in [2.75, 3.05) is 11.5 Å². The highest BCUT2D eigenvalue weighted by Crippen LogP contribution is 2.38. The lowest BCUT2D eigenvalue weighted by molar-refractivity contribution is 0.451. The van der Waals surface area contributed by atoms with Crippen LogP contribution in [0.5, 0.6) is 5.75 Å². The van der Waals surface area contributed by atoms with Crippen LogP contribution >= 0.6 is 31.9 Å². The zero-order valence-electron chi connectivity index (χ0n) is 25.3. The van der Waals surface area contributed by atoms with Gasteiger partial charge in [-0.15, -0.1) is 0 Å². The third-order valence-corrected chi connectivity index (χ3v) is 8.95. The molecule has 0 fully saturated rings. The van der Waals surface area contributed by atoms with Crippen molar-refractivity contribution < 1.29 is 18.5 Å². The van der Waals surface area contributed by atoms with Crippen LogP contribution in [0.3, 0.4) is 0 Å². The van der Waals surface area contributed by atoms with E-state index in [2.05, 4.69) is 56.1 Å². The van der Waals surface area contributed by atoms with Crippen molar-refractivity contribution in [3.8, 4) is 16.9 Å². The van der Waals surface area contributed by atoms with Crippen molar-refractivity contribution in [2.24, 2.45) is 0 Å². The summed E-state index contributed by atoms with van der Waals surface area (Å²) in [7, 11) is 0.655. The summed E-state index contributed by atoms with van der Waals surface area (Å²) in [5, 5.41) is 13.0. The molecule has 6 aromatic carbocycles. The SMILES string of the molecule is Cc1cccc(-c2cccc3c2oc2ccccc23)c1N.Nc1c(Br)cccc1Br.O[B]Oc1cccc2c1oc1ccccc12.[B]. The Balaban J connectivity index is 0.000000148. The molecule has 0 aliphatic heterocycles. The van der Waals surface area contributed by atoms with Gasteiger partial charge < -0.3 is 30.0 Å². The second kappa shape index (κ2) is 14.9. The van der Waals surface area contributed by atoms with Gasteiger partial charge in [-0.25, -0.2) is 0 Å². The van der Waals surface area contributed by atoms with E-state index < -0.39 is 0 Å². The van der Waals surface area contributed by atoms with E-state index in [0.29, 0.717) is 19.0 Å². The predicted octanol–water partition coefficient (Wildman–Crippen LogP) is 10.0. The molecule has 6 nitrogen and oxygen atoms in total. The minimum atomic E-state index is 0. The molecule has 0 aliphatic rings. The Bertz CT molecular complexity index is 2300. The molecule has 0 aliphatic carbocycles. The number of hydrogen-bond acceptors (Lipinski definition) is 6. The molecule has 0 saturated heterocycles. The molecule has 230 valence electrons. The third-order valence-electron chi connectivity index (χ3n) is 7.57. The van der Waals surface area contributed by atoms with Crippen LogP contribution in [0.4, 0.5) is 11.4 Å². The number of nitrogens with two attached hydrogens (primary N) is 2. The fourth-order valence-corrected chi connectivity index (χ4v) is 6.25.